The largest absolute Gasteiger partial charge is 0.419 e. The Morgan fingerprint density at radius 1 is 0.933 bits per heavy atom. The second-order valence-corrected chi connectivity index (χ2v) is 9.83. The fourth-order valence-electron chi connectivity index (χ4n) is 2.78. The molecule has 0 unspecified atom stereocenters. The van der Waals surface area contributed by atoms with Crippen LogP contribution in [0.4, 0.5) is 11.6 Å². The maximum absolute atomic E-state index is 13.3. The van der Waals surface area contributed by atoms with Crippen LogP contribution in [-0.4, -0.2) is 13.4 Å². The molecule has 0 bridgehead atoms. The number of nitrogens with zero attached hydrogens (tertiary/aromatic N) is 1. The first-order valence-electron chi connectivity index (χ1n) is 8.94. The van der Waals surface area contributed by atoms with Crippen molar-refractivity contribution < 1.29 is 12.8 Å². The van der Waals surface area contributed by atoms with E-state index in [9.17, 15) is 8.42 Å². The molecule has 0 atom stereocenters. The van der Waals surface area contributed by atoms with Crippen molar-refractivity contribution in [1.29, 1.82) is 0 Å². The van der Waals surface area contributed by atoms with Crippen LogP contribution in [-0.2, 0) is 9.84 Å². The van der Waals surface area contributed by atoms with Crippen LogP contribution in [0, 0.1) is 6.92 Å². The van der Waals surface area contributed by atoms with E-state index in [1.807, 2.05) is 43.3 Å². The molecule has 0 aliphatic heterocycles. The van der Waals surface area contributed by atoms with Crippen molar-refractivity contribution in [3.63, 3.8) is 0 Å². The van der Waals surface area contributed by atoms with E-state index < -0.39 is 9.84 Å². The summed E-state index contributed by atoms with van der Waals surface area (Å²) in [6, 6.07) is 20.7. The highest BCUT2D eigenvalue weighted by Crippen LogP contribution is 2.34. The highest BCUT2D eigenvalue weighted by atomic mass is 79.9. The van der Waals surface area contributed by atoms with Crippen molar-refractivity contribution in [3.05, 3.63) is 87.9 Å². The maximum Gasteiger partial charge on any atom is 0.238 e. The van der Waals surface area contributed by atoms with Crippen LogP contribution in [0.3, 0.4) is 0 Å². The molecule has 0 aliphatic rings. The molecule has 1 N–H and O–H groups in total. The van der Waals surface area contributed by atoms with Gasteiger partial charge in [-0.05, 0) is 67.6 Å². The predicted molar refractivity (Wildman–Crippen MR) is 121 cm³/mol. The number of aryl methyl sites for hydroxylation is 1. The molecule has 0 saturated carbocycles. The lowest BCUT2D eigenvalue weighted by atomic mass is 10.2. The summed E-state index contributed by atoms with van der Waals surface area (Å²) in [5.74, 6) is 0.247. The number of sulfone groups is 1. The second kappa shape index (κ2) is 8.26. The number of nitrogens with one attached hydrogen (secondary N) is 1. The molecule has 0 amide bonds. The van der Waals surface area contributed by atoms with Gasteiger partial charge in [0, 0.05) is 20.7 Å². The summed E-state index contributed by atoms with van der Waals surface area (Å²) >= 11 is 9.30. The van der Waals surface area contributed by atoms with E-state index in [-0.39, 0.29) is 21.7 Å². The predicted octanol–water partition coefficient (Wildman–Crippen LogP) is 6.64. The zero-order chi connectivity index (χ0) is 21.3. The van der Waals surface area contributed by atoms with E-state index in [0.717, 1.165) is 10.0 Å². The molecule has 3 aromatic carbocycles. The lowest BCUT2D eigenvalue weighted by Gasteiger charge is -2.06. The van der Waals surface area contributed by atoms with Crippen LogP contribution in [0.5, 0.6) is 0 Å². The number of aromatic nitrogens is 1. The van der Waals surface area contributed by atoms with Gasteiger partial charge >= 0.3 is 0 Å². The van der Waals surface area contributed by atoms with Crippen molar-refractivity contribution in [1.82, 2.24) is 4.98 Å². The molecule has 0 saturated heterocycles. The lowest BCUT2D eigenvalue weighted by molar-refractivity contribution is 0.582. The second-order valence-electron chi connectivity index (χ2n) is 6.61. The van der Waals surface area contributed by atoms with Crippen molar-refractivity contribution in [2.45, 2.75) is 16.8 Å². The summed E-state index contributed by atoms with van der Waals surface area (Å²) in [5.41, 5.74) is 2.43. The molecule has 152 valence electrons. The van der Waals surface area contributed by atoms with Gasteiger partial charge in [-0.2, -0.15) is 4.98 Å². The zero-order valence-corrected chi connectivity index (χ0v) is 18.9. The van der Waals surface area contributed by atoms with Gasteiger partial charge in [0.05, 0.1) is 4.90 Å². The zero-order valence-electron chi connectivity index (χ0n) is 15.8. The molecule has 1 heterocycles. The molecule has 4 aromatic rings. The Kier molecular flexibility index (Phi) is 5.69. The monoisotopic (exact) mass is 502 g/mol. The first kappa shape index (κ1) is 20.7. The summed E-state index contributed by atoms with van der Waals surface area (Å²) in [4.78, 5) is 4.41. The summed E-state index contributed by atoms with van der Waals surface area (Å²) < 4.78 is 33.3. The average molecular weight is 504 g/mol. The van der Waals surface area contributed by atoms with Gasteiger partial charge in [-0.25, -0.2) is 8.42 Å². The van der Waals surface area contributed by atoms with Crippen molar-refractivity contribution >= 4 is 48.9 Å². The molecule has 5 nitrogen and oxygen atoms in total. The van der Waals surface area contributed by atoms with Gasteiger partial charge in [-0.15, -0.1) is 0 Å². The Labute approximate surface area is 187 Å². The fourth-order valence-corrected chi connectivity index (χ4v) is 4.42. The summed E-state index contributed by atoms with van der Waals surface area (Å²) in [6.07, 6.45) is 0. The van der Waals surface area contributed by atoms with E-state index in [4.69, 9.17) is 16.0 Å². The van der Waals surface area contributed by atoms with E-state index in [0.29, 0.717) is 16.3 Å². The van der Waals surface area contributed by atoms with Gasteiger partial charge in [-0.1, -0.05) is 45.2 Å². The minimum atomic E-state index is -3.95. The van der Waals surface area contributed by atoms with Gasteiger partial charge in [0.2, 0.25) is 26.6 Å². The minimum absolute atomic E-state index is 0.0479. The quantitative estimate of drug-likeness (QED) is 0.330. The normalized spacial score (nSPS) is 11.4. The van der Waals surface area contributed by atoms with Gasteiger partial charge < -0.3 is 9.73 Å². The van der Waals surface area contributed by atoms with E-state index in [1.165, 1.54) is 24.3 Å². The Morgan fingerprint density at radius 2 is 1.57 bits per heavy atom. The molecular weight excluding hydrogens is 488 g/mol. The van der Waals surface area contributed by atoms with Gasteiger partial charge in [0.15, 0.2) is 0 Å². The van der Waals surface area contributed by atoms with E-state index in [2.05, 4.69) is 26.2 Å². The summed E-state index contributed by atoms with van der Waals surface area (Å²) in [7, 11) is -3.95. The Morgan fingerprint density at radius 3 is 2.20 bits per heavy atom. The third-order valence-electron chi connectivity index (χ3n) is 4.38. The highest BCUT2D eigenvalue weighted by Gasteiger charge is 2.28. The first-order valence-corrected chi connectivity index (χ1v) is 11.6. The third-order valence-corrected chi connectivity index (χ3v) is 6.83. The molecule has 0 aliphatic carbocycles. The number of benzene rings is 3. The van der Waals surface area contributed by atoms with E-state index in [1.54, 1.807) is 12.1 Å². The van der Waals surface area contributed by atoms with Crippen molar-refractivity contribution in [3.8, 4) is 11.5 Å². The average Bonchev–Trinajstić information content (AvgIpc) is 3.15. The molecule has 8 heteroatoms. The summed E-state index contributed by atoms with van der Waals surface area (Å²) in [6.45, 7) is 1.97. The molecule has 0 fully saturated rings. The molecule has 0 radical (unpaired) electrons. The van der Waals surface area contributed by atoms with E-state index >= 15 is 0 Å². The molecule has 30 heavy (non-hydrogen) atoms. The number of rotatable bonds is 5. The molecule has 0 spiro atoms. The van der Waals surface area contributed by atoms with Crippen LogP contribution in [0.2, 0.25) is 5.02 Å². The Bertz CT molecular complexity index is 1280. The maximum atomic E-state index is 13.3. The third kappa shape index (κ3) is 4.28. The smallest absolute Gasteiger partial charge is 0.238 e. The van der Waals surface area contributed by atoms with Crippen LogP contribution < -0.4 is 5.32 Å². The number of hydrogen-bond donors (Lipinski definition) is 1. The van der Waals surface area contributed by atoms with Crippen LogP contribution >= 0.6 is 27.5 Å². The van der Waals surface area contributed by atoms with Gasteiger partial charge in [0.1, 0.15) is 0 Å². The number of oxazole rings is 1. The molecular formula is C22H16BrClN2O3S. The molecule has 4 rings (SSSR count). The van der Waals surface area contributed by atoms with Gasteiger partial charge in [-0.3, -0.25) is 0 Å². The van der Waals surface area contributed by atoms with Crippen molar-refractivity contribution in [2.24, 2.45) is 0 Å². The number of hydrogen-bond acceptors (Lipinski definition) is 5. The SMILES string of the molecule is Cc1ccc(Nc2oc(-c3ccc(Br)cc3)nc2S(=O)(=O)c2ccc(Cl)cc2)cc1. The van der Waals surface area contributed by atoms with Crippen molar-refractivity contribution in [2.75, 3.05) is 5.32 Å². The highest BCUT2D eigenvalue weighted by molar-refractivity contribution is 9.10. The minimum Gasteiger partial charge on any atom is -0.419 e. The van der Waals surface area contributed by atoms with Gasteiger partial charge in [0.25, 0.3) is 0 Å². The Hall–Kier alpha value is -2.61. The first-order chi connectivity index (χ1) is 14.3. The van der Waals surface area contributed by atoms with Crippen LogP contribution in [0.1, 0.15) is 5.56 Å². The molecule has 1 aromatic heterocycles. The van der Waals surface area contributed by atoms with Crippen LogP contribution in [0.25, 0.3) is 11.5 Å². The number of halogens is 2. The standard InChI is InChI=1S/C22H16BrClN2O3S/c1-14-2-10-18(11-3-14)25-21-22(30(27,28)19-12-8-17(24)9-13-19)26-20(29-21)15-4-6-16(23)7-5-15/h2-13,25H,1H3. The topological polar surface area (TPSA) is 72.2 Å². The lowest BCUT2D eigenvalue weighted by Crippen LogP contribution is -2.05. The van der Waals surface area contributed by atoms with Crippen LogP contribution in [0.15, 0.2) is 91.6 Å². The number of anilines is 2. The summed E-state index contributed by atoms with van der Waals surface area (Å²) in [5, 5.41) is 3.30. The Balaban J connectivity index is 1.83. The fraction of sp³-hybridized carbons (Fsp3) is 0.0455.